The molecule has 0 bridgehead atoms. The van der Waals surface area contributed by atoms with Crippen molar-refractivity contribution in [2.75, 3.05) is 26.3 Å². The molecule has 0 atom stereocenters. The second kappa shape index (κ2) is 6.02. The van der Waals surface area contributed by atoms with Gasteiger partial charge >= 0.3 is 0 Å². The molecule has 1 heterocycles. The number of hydrogen-bond acceptors (Lipinski definition) is 2. The van der Waals surface area contributed by atoms with E-state index in [0.717, 1.165) is 19.1 Å². The molecule has 0 radical (unpaired) electrons. The van der Waals surface area contributed by atoms with Gasteiger partial charge in [-0.15, -0.1) is 0 Å². The van der Waals surface area contributed by atoms with Gasteiger partial charge in [0.15, 0.2) is 0 Å². The minimum Gasteiger partial charge on any atom is -0.381 e. The van der Waals surface area contributed by atoms with E-state index >= 15 is 0 Å². The quantitative estimate of drug-likeness (QED) is 0.726. The summed E-state index contributed by atoms with van der Waals surface area (Å²) in [5.41, 5.74) is 0.573. The minimum atomic E-state index is 0.573. The Bertz CT molecular complexity index is 193. The Labute approximate surface area is 100 Å². The number of rotatable bonds is 5. The van der Waals surface area contributed by atoms with Gasteiger partial charge in [-0.3, -0.25) is 0 Å². The number of nitrogens with one attached hydrogen (secondary N) is 1. The fraction of sp³-hybridized carbons (Fsp3) is 1.00. The molecule has 2 fully saturated rings. The lowest BCUT2D eigenvalue weighted by atomic mass is 9.69. The fourth-order valence-electron chi connectivity index (χ4n) is 3.56. The van der Waals surface area contributed by atoms with Crippen molar-refractivity contribution in [3.05, 3.63) is 0 Å². The predicted octanol–water partition coefficient (Wildman–Crippen LogP) is 2.97. The van der Waals surface area contributed by atoms with Gasteiger partial charge in [0.2, 0.25) is 0 Å². The van der Waals surface area contributed by atoms with Gasteiger partial charge in [0.25, 0.3) is 0 Å². The van der Waals surface area contributed by atoms with E-state index in [4.69, 9.17) is 4.74 Å². The van der Waals surface area contributed by atoms with Crippen LogP contribution in [0.2, 0.25) is 0 Å². The summed E-state index contributed by atoms with van der Waals surface area (Å²) in [6.07, 6.45) is 9.67. The Morgan fingerprint density at radius 2 is 1.88 bits per heavy atom. The van der Waals surface area contributed by atoms with Gasteiger partial charge in [0.1, 0.15) is 0 Å². The molecule has 0 aromatic carbocycles. The largest absolute Gasteiger partial charge is 0.381 e. The van der Waals surface area contributed by atoms with Crippen LogP contribution in [0.25, 0.3) is 0 Å². The van der Waals surface area contributed by atoms with Crippen molar-refractivity contribution >= 4 is 0 Å². The lowest BCUT2D eigenvalue weighted by Gasteiger charge is -2.42. The molecule has 1 saturated carbocycles. The van der Waals surface area contributed by atoms with Gasteiger partial charge in [0.05, 0.1) is 0 Å². The highest BCUT2D eigenvalue weighted by molar-refractivity contribution is 4.92. The summed E-state index contributed by atoms with van der Waals surface area (Å²) < 4.78 is 5.56. The molecule has 2 aliphatic rings. The summed E-state index contributed by atoms with van der Waals surface area (Å²) in [7, 11) is 0. The first-order chi connectivity index (χ1) is 7.87. The number of ether oxygens (including phenoxy) is 1. The summed E-state index contributed by atoms with van der Waals surface area (Å²) >= 11 is 0. The minimum absolute atomic E-state index is 0.573. The fourth-order valence-corrected chi connectivity index (χ4v) is 3.56. The average molecular weight is 225 g/mol. The first kappa shape index (κ1) is 12.4. The topological polar surface area (TPSA) is 21.3 Å². The van der Waals surface area contributed by atoms with Crippen LogP contribution >= 0.6 is 0 Å². The molecule has 2 heteroatoms. The molecular formula is C14H27NO. The van der Waals surface area contributed by atoms with E-state index in [2.05, 4.69) is 12.2 Å². The number of hydrogen-bond donors (Lipinski definition) is 1. The molecule has 0 aromatic rings. The summed E-state index contributed by atoms with van der Waals surface area (Å²) in [5, 5.41) is 3.67. The molecule has 0 unspecified atom stereocenters. The van der Waals surface area contributed by atoms with Gasteiger partial charge in [0, 0.05) is 19.8 Å². The molecule has 1 aliphatic carbocycles. The van der Waals surface area contributed by atoms with Crippen LogP contribution in [-0.2, 0) is 4.74 Å². The van der Waals surface area contributed by atoms with E-state index < -0.39 is 0 Å². The smallest absolute Gasteiger partial charge is 0.0471 e. The van der Waals surface area contributed by atoms with Crippen LogP contribution in [0.1, 0.15) is 51.9 Å². The van der Waals surface area contributed by atoms with Crippen LogP contribution in [-0.4, -0.2) is 26.3 Å². The van der Waals surface area contributed by atoms with E-state index in [9.17, 15) is 0 Å². The monoisotopic (exact) mass is 225 g/mol. The van der Waals surface area contributed by atoms with Crippen molar-refractivity contribution in [2.45, 2.75) is 51.9 Å². The summed E-state index contributed by atoms with van der Waals surface area (Å²) in [4.78, 5) is 0. The highest BCUT2D eigenvalue weighted by atomic mass is 16.5. The molecule has 1 saturated heterocycles. The standard InChI is InChI=1S/C14H27NO/c1-2-9-15-12-14(7-10-16-11-8-14)13-5-3-4-6-13/h13,15H,2-12H2,1H3. The van der Waals surface area contributed by atoms with Crippen LogP contribution in [0.15, 0.2) is 0 Å². The SMILES string of the molecule is CCCNCC1(C2CCCC2)CCOCC1. The average Bonchev–Trinajstić information content (AvgIpc) is 2.85. The summed E-state index contributed by atoms with van der Waals surface area (Å²) in [5.74, 6) is 0.973. The first-order valence-electron chi connectivity index (χ1n) is 7.16. The normalized spacial score (nSPS) is 26.1. The van der Waals surface area contributed by atoms with E-state index in [1.165, 1.54) is 58.0 Å². The van der Waals surface area contributed by atoms with Gasteiger partial charge < -0.3 is 10.1 Å². The van der Waals surface area contributed by atoms with E-state index in [0.29, 0.717) is 5.41 Å². The summed E-state index contributed by atoms with van der Waals surface area (Å²) in [6, 6.07) is 0. The molecule has 16 heavy (non-hydrogen) atoms. The lowest BCUT2D eigenvalue weighted by Crippen LogP contribution is -2.44. The van der Waals surface area contributed by atoms with Crippen LogP contribution in [0.4, 0.5) is 0 Å². The molecule has 2 rings (SSSR count). The lowest BCUT2D eigenvalue weighted by molar-refractivity contribution is -0.0167. The van der Waals surface area contributed by atoms with Crippen molar-refractivity contribution in [3.63, 3.8) is 0 Å². The van der Waals surface area contributed by atoms with Crippen molar-refractivity contribution in [2.24, 2.45) is 11.3 Å². The Morgan fingerprint density at radius 3 is 2.50 bits per heavy atom. The Kier molecular flexibility index (Phi) is 4.66. The Balaban J connectivity index is 1.93. The maximum absolute atomic E-state index is 5.56. The van der Waals surface area contributed by atoms with Gasteiger partial charge in [-0.05, 0) is 50.0 Å². The van der Waals surface area contributed by atoms with Crippen molar-refractivity contribution in [1.29, 1.82) is 0 Å². The molecule has 2 nitrogen and oxygen atoms in total. The Hall–Kier alpha value is -0.0800. The van der Waals surface area contributed by atoms with E-state index in [1.54, 1.807) is 0 Å². The van der Waals surface area contributed by atoms with Crippen LogP contribution in [0, 0.1) is 11.3 Å². The van der Waals surface area contributed by atoms with Gasteiger partial charge in [-0.25, -0.2) is 0 Å². The molecule has 0 aromatic heterocycles. The second-order valence-corrected chi connectivity index (χ2v) is 5.63. The van der Waals surface area contributed by atoms with Crippen LogP contribution in [0.5, 0.6) is 0 Å². The molecule has 0 amide bonds. The second-order valence-electron chi connectivity index (χ2n) is 5.63. The molecule has 1 aliphatic heterocycles. The third-order valence-electron chi connectivity index (χ3n) is 4.61. The zero-order valence-electron chi connectivity index (χ0n) is 10.8. The highest BCUT2D eigenvalue weighted by Gasteiger charge is 2.40. The third kappa shape index (κ3) is 2.78. The first-order valence-corrected chi connectivity index (χ1v) is 7.16. The molecule has 0 spiro atoms. The van der Waals surface area contributed by atoms with E-state index in [-0.39, 0.29) is 0 Å². The zero-order valence-corrected chi connectivity index (χ0v) is 10.8. The Morgan fingerprint density at radius 1 is 1.19 bits per heavy atom. The third-order valence-corrected chi connectivity index (χ3v) is 4.61. The van der Waals surface area contributed by atoms with E-state index in [1.807, 2.05) is 0 Å². The molecular weight excluding hydrogens is 198 g/mol. The van der Waals surface area contributed by atoms with Crippen molar-refractivity contribution in [1.82, 2.24) is 5.32 Å². The van der Waals surface area contributed by atoms with Crippen molar-refractivity contribution < 1.29 is 4.74 Å². The van der Waals surface area contributed by atoms with Gasteiger partial charge in [-0.2, -0.15) is 0 Å². The zero-order chi connectivity index (χ0) is 11.3. The van der Waals surface area contributed by atoms with Crippen LogP contribution in [0.3, 0.4) is 0 Å². The highest BCUT2D eigenvalue weighted by Crippen LogP contribution is 2.45. The van der Waals surface area contributed by atoms with Crippen LogP contribution < -0.4 is 5.32 Å². The maximum Gasteiger partial charge on any atom is 0.0471 e. The molecule has 1 N–H and O–H groups in total. The maximum atomic E-state index is 5.56. The predicted molar refractivity (Wildman–Crippen MR) is 67.6 cm³/mol. The summed E-state index contributed by atoms with van der Waals surface area (Å²) in [6.45, 7) is 6.64. The van der Waals surface area contributed by atoms with Crippen molar-refractivity contribution in [3.8, 4) is 0 Å². The molecule has 94 valence electrons. The van der Waals surface area contributed by atoms with Gasteiger partial charge in [-0.1, -0.05) is 19.8 Å².